The van der Waals surface area contributed by atoms with E-state index in [2.05, 4.69) is 26.8 Å². The maximum atomic E-state index is 5.91. The summed E-state index contributed by atoms with van der Waals surface area (Å²) in [6.45, 7) is 6.66. The Morgan fingerprint density at radius 3 is 2.50 bits per heavy atom. The summed E-state index contributed by atoms with van der Waals surface area (Å²) in [7, 11) is 0. The minimum Gasteiger partial charge on any atom is -0.0843 e. The molecule has 0 N–H and O–H groups in total. The second-order valence-electron chi connectivity index (χ2n) is 3.75. The van der Waals surface area contributed by atoms with Crippen LogP contribution in [0.25, 0.3) is 0 Å². The third kappa shape index (κ3) is 2.01. The molecule has 1 aromatic carbocycles. The van der Waals surface area contributed by atoms with Crippen LogP contribution in [0.4, 0.5) is 0 Å². The third-order valence-corrected chi connectivity index (χ3v) is 2.73. The standard InChI is InChI=1S/C11H15Cl/c1-4-11(2,3)9-6-5-7-10(12)8-9/h5-8H,4H2,1-3H3. The van der Waals surface area contributed by atoms with Gasteiger partial charge in [-0.1, -0.05) is 44.5 Å². The smallest absolute Gasteiger partial charge is 0.0408 e. The SMILES string of the molecule is CCC(C)(C)c1cccc(Cl)c1. The molecule has 1 heteroatoms. The Balaban J connectivity index is 3.03. The largest absolute Gasteiger partial charge is 0.0843 e. The van der Waals surface area contributed by atoms with E-state index < -0.39 is 0 Å². The lowest BCUT2D eigenvalue weighted by Gasteiger charge is -2.23. The molecule has 0 unspecified atom stereocenters. The lowest BCUT2D eigenvalue weighted by atomic mass is 9.82. The summed E-state index contributed by atoms with van der Waals surface area (Å²) in [5.74, 6) is 0. The minimum absolute atomic E-state index is 0.241. The molecule has 12 heavy (non-hydrogen) atoms. The van der Waals surface area contributed by atoms with E-state index in [1.165, 1.54) is 5.56 Å². The van der Waals surface area contributed by atoms with Crippen molar-refractivity contribution in [1.82, 2.24) is 0 Å². The van der Waals surface area contributed by atoms with Crippen molar-refractivity contribution in [2.75, 3.05) is 0 Å². The molecule has 0 spiro atoms. The Morgan fingerprint density at radius 1 is 1.33 bits per heavy atom. The van der Waals surface area contributed by atoms with Crippen molar-refractivity contribution in [2.24, 2.45) is 0 Å². The summed E-state index contributed by atoms with van der Waals surface area (Å²) >= 11 is 5.91. The Bertz CT molecular complexity index is 263. The van der Waals surface area contributed by atoms with Crippen molar-refractivity contribution in [2.45, 2.75) is 32.6 Å². The number of hydrogen-bond donors (Lipinski definition) is 0. The number of benzene rings is 1. The van der Waals surface area contributed by atoms with E-state index in [1.807, 2.05) is 18.2 Å². The molecule has 0 radical (unpaired) electrons. The normalized spacial score (nSPS) is 11.7. The molecular weight excluding hydrogens is 168 g/mol. The van der Waals surface area contributed by atoms with Gasteiger partial charge in [-0.3, -0.25) is 0 Å². The molecule has 0 saturated heterocycles. The first-order chi connectivity index (χ1) is 5.56. The van der Waals surface area contributed by atoms with Crippen molar-refractivity contribution < 1.29 is 0 Å². The van der Waals surface area contributed by atoms with Crippen LogP contribution < -0.4 is 0 Å². The van der Waals surface area contributed by atoms with E-state index in [-0.39, 0.29) is 5.41 Å². The maximum Gasteiger partial charge on any atom is 0.0408 e. The maximum absolute atomic E-state index is 5.91. The van der Waals surface area contributed by atoms with E-state index in [1.54, 1.807) is 0 Å². The Kier molecular flexibility index (Phi) is 2.79. The zero-order valence-electron chi connectivity index (χ0n) is 7.89. The van der Waals surface area contributed by atoms with Crippen LogP contribution in [-0.2, 0) is 5.41 Å². The fourth-order valence-electron chi connectivity index (χ4n) is 1.11. The Morgan fingerprint density at radius 2 is 2.00 bits per heavy atom. The average molecular weight is 183 g/mol. The molecule has 0 nitrogen and oxygen atoms in total. The van der Waals surface area contributed by atoms with Gasteiger partial charge in [-0.2, -0.15) is 0 Å². The van der Waals surface area contributed by atoms with Gasteiger partial charge >= 0.3 is 0 Å². The van der Waals surface area contributed by atoms with Crippen LogP contribution in [0.2, 0.25) is 5.02 Å². The van der Waals surface area contributed by atoms with Crippen LogP contribution in [0.3, 0.4) is 0 Å². The predicted molar refractivity (Wildman–Crippen MR) is 54.8 cm³/mol. The first-order valence-electron chi connectivity index (χ1n) is 4.32. The molecule has 0 fully saturated rings. The van der Waals surface area contributed by atoms with Gasteiger partial charge < -0.3 is 0 Å². The summed E-state index contributed by atoms with van der Waals surface area (Å²) in [5.41, 5.74) is 1.56. The molecule has 0 aliphatic rings. The Hall–Kier alpha value is -0.490. The fraction of sp³-hybridized carbons (Fsp3) is 0.455. The molecule has 0 aromatic heterocycles. The molecule has 0 amide bonds. The van der Waals surface area contributed by atoms with Crippen LogP contribution in [0.5, 0.6) is 0 Å². The highest BCUT2D eigenvalue weighted by Gasteiger charge is 2.17. The van der Waals surface area contributed by atoms with Gasteiger partial charge in [0, 0.05) is 5.02 Å². The summed E-state index contributed by atoms with van der Waals surface area (Å²) in [6, 6.07) is 8.10. The lowest BCUT2D eigenvalue weighted by Crippen LogP contribution is -2.14. The third-order valence-electron chi connectivity index (χ3n) is 2.49. The van der Waals surface area contributed by atoms with E-state index >= 15 is 0 Å². The van der Waals surface area contributed by atoms with E-state index in [9.17, 15) is 0 Å². The quantitative estimate of drug-likeness (QED) is 0.648. The van der Waals surface area contributed by atoms with E-state index in [4.69, 9.17) is 11.6 Å². The molecule has 1 aromatic rings. The summed E-state index contributed by atoms with van der Waals surface area (Å²) < 4.78 is 0. The summed E-state index contributed by atoms with van der Waals surface area (Å²) in [6.07, 6.45) is 1.13. The minimum atomic E-state index is 0.241. The van der Waals surface area contributed by atoms with E-state index in [0.717, 1.165) is 11.4 Å². The van der Waals surface area contributed by atoms with Crippen LogP contribution in [0, 0.1) is 0 Å². The van der Waals surface area contributed by atoms with Gasteiger partial charge in [0.15, 0.2) is 0 Å². The molecule has 1 rings (SSSR count). The summed E-state index contributed by atoms with van der Waals surface area (Å²) in [4.78, 5) is 0. The van der Waals surface area contributed by atoms with Crippen molar-refractivity contribution in [3.8, 4) is 0 Å². The van der Waals surface area contributed by atoms with Gasteiger partial charge in [0.1, 0.15) is 0 Å². The van der Waals surface area contributed by atoms with Gasteiger partial charge in [-0.25, -0.2) is 0 Å². The van der Waals surface area contributed by atoms with Gasteiger partial charge in [-0.05, 0) is 29.5 Å². The van der Waals surface area contributed by atoms with E-state index in [0.29, 0.717) is 0 Å². The zero-order chi connectivity index (χ0) is 9.19. The highest BCUT2D eigenvalue weighted by molar-refractivity contribution is 6.30. The molecule has 66 valence electrons. The van der Waals surface area contributed by atoms with Crippen molar-refractivity contribution in [3.63, 3.8) is 0 Å². The first-order valence-corrected chi connectivity index (χ1v) is 4.70. The number of rotatable bonds is 2. The molecular formula is C11H15Cl. The van der Waals surface area contributed by atoms with Crippen molar-refractivity contribution in [1.29, 1.82) is 0 Å². The zero-order valence-corrected chi connectivity index (χ0v) is 8.65. The van der Waals surface area contributed by atoms with Crippen LogP contribution >= 0.6 is 11.6 Å². The number of halogens is 1. The molecule has 0 heterocycles. The van der Waals surface area contributed by atoms with Crippen LogP contribution in [-0.4, -0.2) is 0 Å². The van der Waals surface area contributed by atoms with Crippen molar-refractivity contribution >= 4 is 11.6 Å². The molecule has 0 saturated carbocycles. The second-order valence-corrected chi connectivity index (χ2v) is 4.18. The Labute approximate surface area is 79.6 Å². The lowest BCUT2D eigenvalue weighted by molar-refractivity contribution is 0.506. The van der Waals surface area contributed by atoms with Gasteiger partial charge in [0.05, 0.1) is 0 Å². The van der Waals surface area contributed by atoms with Crippen LogP contribution in [0.1, 0.15) is 32.8 Å². The monoisotopic (exact) mass is 182 g/mol. The van der Waals surface area contributed by atoms with Crippen molar-refractivity contribution in [3.05, 3.63) is 34.9 Å². The van der Waals surface area contributed by atoms with Gasteiger partial charge in [-0.15, -0.1) is 0 Å². The highest BCUT2D eigenvalue weighted by Crippen LogP contribution is 2.28. The fourth-order valence-corrected chi connectivity index (χ4v) is 1.30. The molecule has 0 bridgehead atoms. The van der Waals surface area contributed by atoms with Gasteiger partial charge in [0.2, 0.25) is 0 Å². The predicted octanol–water partition coefficient (Wildman–Crippen LogP) is 4.03. The highest BCUT2D eigenvalue weighted by atomic mass is 35.5. The molecule has 0 aliphatic heterocycles. The van der Waals surface area contributed by atoms with Crippen LogP contribution in [0.15, 0.2) is 24.3 Å². The molecule has 0 atom stereocenters. The second kappa shape index (κ2) is 3.49. The first kappa shape index (κ1) is 9.60. The topological polar surface area (TPSA) is 0 Å². The van der Waals surface area contributed by atoms with Gasteiger partial charge in [0.25, 0.3) is 0 Å². The summed E-state index contributed by atoms with van der Waals surface area (Å²) in [5, 5.41) is 0.828. The average Bonchev–Trinajstić information content (AvgIpc) is 2.05. The molecule has 0 aliphatic carbocycles. The number of hydrogen-bond acceptors (Lipinski definition) is 0.